The van der Waals surface area contributed by atoms with Crippen LogP contribution in [-0.2, 0) is 23.0 Å². The van der Waals surface area contributed by atoms with E-state index in [1.165, 1.54) is 11.3 Å². The van der Waals surface area contributed by atoms with Crippen molar-refractivity contribution < 1.29 is 14.3 Å². The number of carbonyl (C=O) groups excluding carboxylic acids is 1. The Labute approximate surface area is 190 Å². The summed E-state index contributed by atoms with van der Waals surface area (Å²) in [5.74, 6) is 0.564. The lowest BCUT2D eigenvalue weighted by molar-refractivity contribution is -0.118. The van der Waals surface area contributed by atoms with Crippen molar-refractivity contribution in [1.82, 2.24) is 19.7 Å². The summed E-state index contributed by atoms with van der Waals surface area (Å²) in [6.07, 6.45) is 0.920. The van der Waals surface area contributed by atoms with Crippen LogP contribution < -0.4 is 9.64 Å². The smallest absolute Gasteiger partial charge is 0.242 e. The number of carbonyl (C=O) groups is 1. The van der Waals surface area contributed by atoms with Gasteiger partial charge in [0, 0.05) is 26.3 Å². The average Bonchev–Trinajstić information content (AvgIpc) is 3.34. The fraction of sp³-hybridized carbons (Fsp3) is 0.391. The molecule has 0 saturated heterocycles. The molecule has 32 heavy (non-hydrogen) atoms. The number of aromatic nitrogens is 4. The third-order valence-corrected chi connectivity index (χ3v) is 6.70. The maximum atomic E-state index is 13.3. The summed E-state index contributed by atoms with van der Waals surface area (Å²) in [5.41, 5.74) is 4.68. The highest BCUT2D eigenvalue weighted by atomic mass is 32.1. The van der Waals surface area contributed by atoms with Crippen LogP contribution in [0.1, 0.15) is 23.2 Å². The number of fused-ring (bicyclic) bond motifs is 2. The third kappa shape index (κ3) is 4.05. The van der Waals surface area contributed by atoms with E-state index in [4.69, 9.17) is 14.5 Å². The van der Waals surface area contributed by atoms with E-state index < -0.39 is 0 Å². The van der Waals surface area contributed by atoms with Crippen LogP contribution in [0.5, 0.6) is 5.88 Å². The number of methoxy groups -OCH3 is 2. The van der Waals surface area contributed by atoms with Crippen LogP contribution in [0.4, 0.5) is 5.13 Å². The summed E-state index contributed by atoms with van der Waals surface area (Å²) in [4.78, 5) is 24.4. The second-order valence-corrected chi connectivity index (χ2v) is 8.64. The molecule has 4 rings (SSSR count). The van der Waals surface area contributed by atoms with E-state index in [-0.39, 0.29) is 5.91 Å². The standard InChI is InChI=1S/C23H27N5O3S/c1-14-16(15(2)24-21-20(14)22(31-5)26-27(21)3)10-11-19(29)28(12-13-30-4)23-25-17-8-6-7-9-18(17)32-23/h6-9H,10-13H2,1-5H3. The Morgan fingerprint density at radius 3 is 2.69 bits per heavy atom. The van der Waals surface area contributed by atoms with Crippen molar-refractivity contribution in [2.75, 3.05) is 32.3 Å². The Hall–Kier alpha value is -3.04. The van der Waals surface area contributed by atoms with Gasteiger partial charge in [-0.15, -0.1) is 5.10 Å². The lowest BCUT2D eigenvalue weighted by Crippen LogP contribution is -2.34. The topological polar surface area (TPSA) is 82.4 Å². The molecular weight excluding hydrogens is 426 g/mol. The van der Waals surface area contributed by atoms with E-state index in [2.05, 4.69) is 10.1 Å². The highest BCUT2D eigenvalue weighted by molar-refractivity contribution is 7.22. The van der Waals surface area contributed by atoms with Crippen molar-refractivity contribution in [2.45, 2.75) is 26.7 Å². The molecule has 0 aliphatic rings. The van der Waals surface area contributed by atoms with Gasteiger partial charge in [-0.05, 0) is 43.5 Å². The van der Waals surface area contributed by atoms with Crippen LogP contribution in [0.2, 0.25) is 0 Å². The molecule has 3 aromatic heterocycles. The quantitative estimate of drug-likeness (QED) is 0.403. The summed E-state index contributed by atoms with van der Waals surface area (Å²) in [7, 11) is 5.09. The first-order valence-corrected chi connectivity index (χ1v) is 11.3. The van der Waals surface area contributed by atoms with Gasteiger partial charge in [0.05, 0.1) is 35.9 Å². The second kappa shape index (κ2) is 9.22. The van der Waals surface area contributed by atoms with E-state index in [1.807, 2.05) is 45.2 Å². The van der Waals surface area contributed by atoms with Crippen LogP contribution >= 0.6 is 11.3 Å². The van der Waals surface area contributed by atoms with Crippen molar-refractivity contribution in [3.8, 4) is 5.88 Å². The molecule has 0 saturated carbocycles. The molecule has 0 aliphatic heterocycles. The maximum absolute atomic E-state index is 13.3. The van der Waals surface area contributed by atoms with Crippen LogP contribution in [0, 0.1) is 13.8 Å². The van der Waals surface area contributed by atoms with Gasteiger partial charge in [-0.1, -0.05) is 23.5 Å². The average molecular weight is 454 g/mol. The van der Waals surface area contributed by atoms with E-state index in [1.54, 1.807) is 23.8 Å². The Kier molecular flexibility index (Phi) is 6.38. The number of amides is 1. The minimum atomic E-state index is 0.0122. The van der Waals surface area contributed by atoms with Crippen LogP contribution in [0.25, 0.3) is 21.3 Å². The van der Waals surface area contributed by atoms with Gasteiger partial charge >= 0.3 is 0 Å². The number of anilines is 1. The molecule has 1 aromatic carbocycles. The van der Waals surface area contributed by atoms with Crippen molar-refractivity contribution in [3.63, 3.8) is 0 Å². The molecule has 0 spiro atoms. The van der Waals surface area contributed by atoms with E-state index >= 15 is 0 Å². The number of thiazole rings is 1. The zero-order valence-corrected chi connectivity index (χ0v) is 19.8. The summed E-state index contributed by atoms with van der Waals surface area (Å²) < 4.78 is 13.5. The number of para-hydroxylation sites is 1. The highest BCUT2D eigenvalue weighted by Crippen LogP contribution is 2.32. The minimum Gasteiger partial charge on any atom is -0.479 e. The number of benzene rings is 1. The highest BCUT2D eigenvalue weighted by Gasteiger charge is 2.22. The Bertz CT molecular complexity index is 1250. The third-order valence-electron chi connectivity index (χ3n) is 5.64. The van der Waals surface area contributed by atoms with E-state index in [0.29, 0.717) is 37.0 Å². The molecule has 0 atom stereocenters. The zero-order chi connectivity index (χ0) is 22.8. The van der Waals surface area contributed by atoms with E-state index in [9.17, 15) is 4.79 Å². The molecule has 1 amide bonds. The van der Waals surface area contributed by atoms with Gasteiger partial charge in [0.1, 0.15) is 0 Å². The van der Waals surface area contributed by atoms with Crippen LogP contribution in [-0.4, -0.2) is 53.0 Å². The van der Waals surface area contributed by atoms with Gasteiger partial charge in [-0.3, -0.25) is 9.69 Å². The van der Waals surface area contributed by atoms with Crippen molar-refractivity contribution in [2.24, 2.45) is 7.05 Å². The largest absolute Gasteiger partial charge is 0.479 e. The fourth-order valence-electron chi connectivity index (χ4n) is 3.96. The Morgan fingerprint density at radius 2 is 1.97 bits per heavy atom. The first-order chi connectivity index (χ1) is 15.4. The van der Waals surface area contributed by atoms with Crippen LogP contribution in [0.15, 0.2) is 24.3 Å². The molecular formula is C23H27N5O3S. The molecule has 0 aliphatic carbocycles. The summed E-state index contributed by atoms with van der Waals surface area (Å²) in [5, 5.41) is 6.00. The SMILES string of the molecule is COCCN(C(=O)CCc1c(C)nc2c(c(OC)nn2C)c1C)c1nc2ccccc2s1. The molecule has 0 N–H and O–H groups in total. The monoisotopic (exact) mass is 453 g/mol. The molecule has 4 aromatic rings. The van der Waals surface area contributed by atoms with Gasteiger partial charge in [0.2, 0.25) is 11.8 Å². The first-order valence-electron chi connectivity index (χ1n) is 10.5. The number of ether oxygens (including phenoxy) is 2. The van der Waals surface area contributed by atoms with Crippen LogP contribution in [0.3, 0.4) is 0 Å². The summed E-state index contributed by atoms with van der Waals surface area (Å²) >= 11 is 1.52. The van der Waals surface area contributed by atoms with Gasteiger partial charge in [0.15, 0.2) is 10.8 Å². The van der Waals surface area contributed by atoms with Crippen molar-refractivity contribution in [3.05, 3.63) is 41.1 Å². The van der Waals surface area contributed by atoms with Gasteiger partial charge in [0.25, 0.3) is 0 Å². The molecule has 8 nitrogen and oxygen atoms in total. The summed E-state index contributed by atoms with van der Waals surface area (Å²) in [6.45, 7) is 4.92. The summed E-state index contributed by atoms with van der Waals surface area (Å²) in [6, 6.07) is 7.91. The molecule has 3 heterocycles. The number of rotatable bonds is 8. The van der Waals surface area contributed by atoms with Gasteiger partial charge < -0.3 is 9.47 Å². The predicted molar refractivity (Wildman–Crippen MR) is 127 cm³/mol. The van der Waals surface area contributed by atoms with Gasteiger partial charge in [-0.25, -0.2) is 14.6 Å². The minimum absolute atomic E-state index is 0.0122. The Morgan fingerprint density at radius 1 is 1.19 bits per heavy atom. The second-order valence-electron chi connectivity index (χ2n) is 7.63. The van der Waals surface area contributed by atoms with Gasteiger partial charge in [-0.2, -0.15) is 0 Å². The molecule has 0 unspecified atom stereocenters. The lowest BCUT2D eigenvalue weighted by atomic mass is 10.00. The molecule has 0 bridgehead atoms. The maximum Gasteiger partial charge on any atom is 0.242 e. The van der Waals surface area contributed by atoms with Crippen molar-refractivity contribution in [1.29, 1.82) is 0 Å². The molecule has 0 fully saturated rings. The zero-order valence-electron chi connectivity index (χ0n) is 19.0. The predicted octanol–water partition coefficient (Wildman–Crippen LogP) is 3.82. The van der Waals surface area contributed by atoms with Crippen molar-refractivity contribution >= 4 is 43.6 Å². The molecule has 9 heteroatoms. The number of pyridine rings is 1. The first kappa shape index (κ1) is 22.2. The lowest BCUT2D eigenvalue weighted by Gasteiger charge is -2.20. The number of nitrogens with zero attached hydrogens (tertiary/aromatic N) is 5. The number of hydrogen-bond donors (Lipinski definition) is 0. The molecule has 168 valence electrons. The Balaban J connectivity index is 1.61. The van der Waals surface area contributed by atoms with E-state index in [0.717, 1.165) is 38.1 Å². The number of aryl methyl sites for hydroxylation is 3. The number of hydrogen-bond acceptors (Lipinski definition) is 7. The normalized spacial score (nSPS) is 11.4. The molecule has 0 radical (unpaired) electrons. The fourth-order valence-corrected chi connectivity index (χ4v) is 4.97.